The topological polar surface area (TPSA) is 17.3 Å². The summed E-state index contributed by atoms with van der Waals surface area (Å²) < 4.78 is 2.28. The van der Waals surface area contributed by atoms with Gasteiger partial charge < -0.3 is 0 Å². The standard InChI is InChI=1S/C27H26N2/c1-15-10-17(3)24(18(4)11-15)21-8-7-9-22-25(21)23-13-16(2)12-19(5)26(23)29-14-20(6)28-27(22)29/h7-14H,1-6H3. The van der Waals surface area contributed by atoms with Crippen LogP contribution in [0.1, 0.15) is 33.5 Å². The second-order valence-electron chi connectivity index (χ2n) is 8.56. The maximum atomic E-state index is 4.91. The molecule has 2 heteroatoms. The number of pyridine rings is 1. The van der Waals surface area contributed by atoms with Crippen molar-refractivity contribution in [2.24, 2.45) is 0 Å². The first-order chi connectivity index (χ1) is 13.8. The zero-order valence-corrected chi connectivity index (χ0v) is 18.0. The van der Waals surface area contributed by atoms with Crippen LogP contribution in [0.25, 0.3) is 38.4 Å². The summed E-state index contributed by atoms with van der Waals surface area (Å²) >= 11 is 0. The molecule has 0 N–H and O–H groups in total. The van der Waals surface area contributed by atoms with Crippen molar-refractivity contribution < 1.29 is 0 Å². The zero-order chi connectivity index (χ0) is 20.4. The van der Waals surface area contributed by atoms with E-state index in [-0.39, 0.29) is 0 Å². The molecule has 0 saturated heterocycles. The van der Waals surface area contributed by atoms with Crippen molar-refractivity contribution in [3.63, 3.8) is 0 Å². The highest BCUT2D eigenvalue weighted by atomic mass is 15.0. The van der Waals surface area contributed by atoms with Crippen LogP contribution in [-0.2, 0) is 0 Å². The Morgan fingerprint density at radius 2 is 1.38 bits per heavy atom. The molecule has 0 saturated carbocycles. The minimum absolute atomic E-state index is 1.04. The largest absolute Gasteiger partial charge is 0.299 e. The highest BCUT2D eigenvalue weighted by molar-refractivity contribution is 6.18. The summed E-state index contributed by atoms with van der Waals surface area (Å²) in [5, 5.41) is 3.83. The van der Waals surface area contributed by atoms with E-state index in [1.165, 1.54) is 60.6 Å². The van der Waals surface area contributed by atoms with E-state index < -0.39 is 0 Å². The Morgan fingerprint density at radius 3 is 2.10 bits per heavy atom. The fourth-order valence-corrected chi connectivity index (χ4v) is 5.17. The van der Waals surface area contributed by atoms with Crippen molar-refractivity contribution in [1.82, 2.24) is 9.38 Å². The Kier molecular flexibility index (Phi) is 3.82. The van der Waals surface area contributed by atoms with Crippen LogP contribution >= 0.6 is 0 Å². The summed E-state index contributed by atoms with van der Waals surface area (Å²) in [4.78, 5) is 4.91. The van der Waals surface area contributed by atoms with Crippen molar-refractivity contribution in [3.05, 3.63) is 82.2 Å². The molecular formula is C27H26N2. The molecule has 3 aromatic carbocycles. The highest BCUT2D eigenvalue weighted by Gasteiger charge is 2.18. The number of aryl methyl sites for hydroxylation is 6. The van der Waals surface area contributed by atoms with Crippen molar-refractivity contribution in [2.75, 3.05) is 0 Å². The molecular weight excluding hydrogens is 352 g/mol. The minimum Gasteiger partial charge on any atom is -0.299 e. The van der Waals surface area contributed by atoms with Gasteiger partial charge in [0.05, 0.1) is 11.2 Å². The summed E-state index contributed by atoms with van der Waals surface area (Å²) in [6.45, 7) is 13.1. The second kappa shape index (κ2) is 6.18. The number of aromatic nitrogens is 2. The molecule has 0 spiro atoms. The van der Waals surface area contributed by atoms with Gasteiger partial charge in [0.1, 0.15) is 5.65 Å². The Labute approximate surface area is 171 Å². The van der Waals surface area contributed by atoms with Gasteiger partial charge in [0.2, 0.25) is 0 Å². The average Bonchev–Trinajstić information content (AvgIpc) is 3.01. The van der Waals surface area contributed by atoms with Crippen LogP contribution in [0, 0.1) is 41.5 Å². The first-order valence-electron chi connectivity index (χ1n) is 10.2. The van der Waals surface area contributed by atoms with Crippen molar-refractivity contribution in [3.8, 4) is 11.1 Å². The van der Waals surface area contributed by atoms with Gasteiger partial charge in [-0.3, -0.25) is 4.40 Å². The first-order valence-corrected chi connectivity index (χ1v) is 10.2. The lowest BCUT2D eigenvalue weighted by Crippen LogP contribution is -1.97. The van der Waals surface area contributed by atoms with E-state index in [1.54, 1.807) is 0 Å². The number of fused-ring (bicyclic) bond motifs is 6. The third kappa shape index (κ3) is 2.59. The molecule has 0 aliphatic heterocycles. The normalized spacial score (nSPS) is 11.8. The summed E-state index contributed by atoms with van der Waals surface area (Å²) in [6.07, 6.45) is 2.16. The Balaban J connectivity index is 2.09. The summed E-state index contributed by atoms with van der Waals surface area (Å²) in [6, 6.07) is 15.9. The van der Waals surface area contributed by atoms with Crippen LogP contribution in [0.4, 0.5) is 0 Å². The summed E-state index contributed by atoms with van der Waals surface area (Å²) in [5.41, 5.74) is 12.5. The van der Waals surface area contributed by atoms with E-state index >= 15 is 0 Å². The van der Waals surface area contributed by atoms with Gasteiger partial charge in [0.25, 0.3) is 0 Å². The van der Waals surface area contributed by atoms with Crippen LogP contribution in [0.2, 0.25) is 0 Å². The third-order valence-electron chi connectivity index (χ3n) is 6.03. The van der Waals surface area contributed by atoms with Crippen LogP contribution in [-0.4, -0.2) is 9.38 Å². The van der Waals surface area contributed by atoms with Gasteiger partial charge in [-0.05, 0) is 75.4 Å². The molecule has 0 aliphatic rings. The van der Waals surface area contributed by atoms with Gasteiger partial charge in [0.15, 0.2) is 0 Å². The second-order valence-corrected chi connectivity index (χ2v) is 8.56. The molecule has 0 bridgehead atoms. The average molecular weight is 379 g/mol. The van der Waals surface area contributed by atoms with E-state index in [0.29, 0.717) is 0 Å². The van der Waals surface area contributed by atoms with Gasteiger partial charge >= 0.3 is 0 Å². The van der Waals surface area contributed by atoms with Crippen LogP contribution in [0.15, 0.2) is 48.7 Å². The number of nitrogens with zero attached hydrogens (tertiary/aromatic N) is 2. The van der Waals surface area contributed by atoms with Crippen molar-refractivity contribution in [2.45, 2.75) is 41.5 Å². The van der Waals surface area contributed by atoms with Crippen molar-refractivity contribution >= 4 is 27.3 Å². The lowest BCUT2D eigenvalue weighted by molar-refractivity contribution is 1.24. The molecule has 0 unspecified atom stereocenters. The number of hydrogen-bond acceptors (Lipinski definition) is 1. The predicted molar refractivity (Wildman–Crippen MR) is 124 cm³/mol. The van der Waals surface area contributed by atoms with E-state index in [2.05, 4.69) is 94.6 Å². The highest BCUT2D eigenvalue weighted by Crippen LogP contribution is 2.40. The van der Waals surface area contributed by atoms with E-state index in [0.717, 1.165) is 11.3 Å². The first kappa shape index (κ1) is 17.9. The van der Waals surface area contributed by atoms with Crippen LogP contribution < -0.4 is 0 Å². The lowest BCUT2D eigenvalue weighted by atomic mass is 9.88. The smallest absolute Gasteiger partial charge is 0.145 e. The number of rotatable bonds is 1. The molecule has 144 valence electrons. The van der Waals surface area contributed by atoms with E-state index in [9.17, 15) is 0 Å². The molecule has 2 aromatic heterocycles. The quantitative estimate of drug-likeness (QED) is 0.283. The summed E-state index contributed by atoms with van der Waals surface area (Å²) in [5.74, 6) is 0. The fourth-order valence-electron chi connectivity index (χ4n) is 5.17. The molecule has 0 radical (unpaired) electrons. The molecule has 2 nitrogen and oxygen atoms in total. The zero-order valence-electron chi connectivity index (χ0n) is 18.0. The van der Waals surface area contributed by atoms with Crippen LogP contribution in [0.3, 0.4) is 0 Å². The molecule has 0 amide bonds. The van der Waals surface area contributed by atoms with Crippen molar-refractivity contribution in [1.29, 1.82) is 0 Å². The molecule has 0 fully saturated rings. The molecule has 0 aliphatic carbocycles. The SMILES string of the molecule is Cc1cc(C)c(-c2cccc3c2c2cc(C)cc(C)c2n2cc(C)nc32)c(C)c1. The molecule has 2 heterocycles. The summed E-state index contributed by atoms with van der Waals surface area (Å²) in [7, 11) is 0. The minimum atomic E-state index is 1.04. The van der Waals surface area contributed by atoms with E-state index in [4.69, 9.17) is 4.98 Å². The predicted octanol–water partition coefficient (Wildman–Crippen LogP) is 7.16. The fraction of sp³-hybridized carbons (Fsp3) is 0.222. The van der Waals surface area contributed by atoms with Gasteiger partial charge in [-0.25, -0.2) is 4.98 Å². The number of hydrogen-bond donors (Lipinski definition) is 0. The lowest BCUT2D eigenvalue weighted by Gasteiger charge is -2.18. The van der Waals surface area contributed by atoms with Gasteiger partial charge in [0, 0.05) is 22.4 Å². The van der Waals surface area contributed by atoms with E-state index in [1.807, 2.05) is 0 Å². The number of benzene rings is 3. The molecule has 0 atom stereocenters. The third-order valence-corrected chi connectivity index (χ3v) is 6.03. The molecule has 5 aromatic rings. The monoisotopic (exact) mass is 378 g/mol. The molecule has 5 rings (SSSR count). The maximum Gasteiger partial charge on any atom is 0.145 e. The maximum absolute atomic E-state index is 4.91. The van der Waals surface area contributed by atoms with Gasteiger partial charge in [-0.2, -0.15) is 0 Å². The Bertz CT molecular complexity index is 1430. The number of imidazole rings is 1. The van der Waals surface area contributed by atoms with Crippen LogP contribution in [0.5, 0.6) is 0 Å². The Morgan fingerprint density at radius 1 is 0.724 bits per heavy atom. The molecule has 29 heavy (non-hydrogen) atoms. The van der Waals surface area contributed by atoms with Gasteiger partial charge in [-0.1, -0.05) is 47.5 Å². The Hall–Kier alpha value is -3.13. The van der Waals surface area contributed by atoms with Gasteiger partial charge in [-0.15, -0.1) is 0 Å².